The molecule has 0 amide bonds. The van der Waals surface area contributed by atoms with Crippen LogP contribution in [0.2, 0.25) is 0 Å². The minimum atomic E-state index is -2.13. The molecule has 0 radical (unpaired) electrons. The van der Waals surface area contributed by atoms with Gasteiger partial charge < -0.3 is 19.0 Å². The Morgan fingerprint density at radius 3 is 2.18 bits per heavy atom. The third-order valence-electron chi connectivity index (χ3n) is 3.25. The maximum absolute atomic E-state index is 11.8. The topological polar surface area (TPSA) is 108 Å². The molecule has 0 aromatic carbocycles. The lowest BCUT2D eigenvalue weighted by Gasteiger charge is -2.46. The SMILES string of the molecule is O=C1/C=C\C(=O)OC23OC(=O)/C=C\C(=O)ON2CCCC3O1. The molecule has 0 aromatic heterocycles. The van der Waals surface area contributed by atoms with Crippen LogP contribution in [0.5, 0.6) is 0 Å². The van der Waals surface area contributed by atoms with E-state index in [1.54, 1.807) is 0 Å². The summed E-state index contributed by atoms with van der Waals surface area (Å²) in [5, 5.41) is 0.912. The van der Waals surface area contributed by atoms with Gasteiger partial charge >= 0.3 is 29.8 Å². The van der Waals surface area contributed by atoms with Crippen molar-refractivity contribution in [1.82, 2.24) is 5.06 Å². The standard InChI is InChI=1S/C13H11NO8/c15-9-3-4-10(16)20-13-8(19-9)2-1-7-14(13)22-12(18)6-5-11(17)21-13/h3-6,8H,1-2,7H2/b4-3-,6-5-. The molecule has 1 spiro atoms. The van der Waals surface area contributed by atoms with Crippen LogP contribution in [0.3, 0.4) is 0 Å². The zero-order chi connectivity index (χ0) is 15.7. The number of hydrogen-bond donors (Lipinski definition) is 0. The number of rotatable bonds is 0. The second kappa shape index (κ2) is 5.26. The number of hydrogen-bond acceptors (Lipinski definition) is 9. The maximum atomic E-state index is 11.8. The van der Waals surface area contributed by atoms with Crippen LogP contribution >= 0.6 is 0 Å². The van der Waals surface area contributed by atoms with E-state index in [9.17, 15) is 19.2 Å². The number of carbonyl (C=O) groups is 4. The molecule has 116 valence electrons. The van der Waals surface area contributed by atoms with Crippen molar-refractivity contribution in [2.24, 2.45) is 0 Å². The van der Waals surface area contributed by atoms with Crippen molar-refractivity contribution in [3.8, 4) is 0 Å². The molecule has 1 fully saturated rings. The van der Waals surface area contributed by atoms with E-state index in [1.807, 2.05) is 0 Å². The molecule has 0 aliphatic carbocycles. The lowest BCUT2D eigenvalue weighted by Crippen LogP contribution is -2.66. The largest absolute Gasteiger partial charge is 0.449 e. The summed E-state index contributed by atoms with van der Waals surface area (Å²) >= 11 is 0. The predicted molar refractivity (Wildman–Crippen MR) is 65.1 cm³/mol. The Morgan fingerprint density at radius 1 is 0.909 bits per heavy atom. The van der Waals surface area contributed by atoms with Crippen LogP contribution in [0.25, 0.3) is 0 Å². The number of piperidine rings is 1. The van der Waals surface area contributed by atoms with Crippen molar-refractivity contribution in [1.29, 1.82) is 0 Å². The molecule has 2 unspecified atom stereocenters. The molecule has 3 aliphatic rings. The van der Waals surface area contributed by atoms with Crippen LogP contribution in [0.4, 0.5) is 0 Å². The van der Waals surface area contributed by atoms with Crippen LogP contribution < -0.4 is 0 Å². The summed E-state index contributed by atoms with van der Waals surface area (Å²) in [5.41, 5.74) is 0. The van der Waals surface area contributed by atoms with E-state index in [0.717, 1.165) is 29.4 Å². The van der Waals surface area contributed by atoms with E-state index < -0.39 is 35.9 Å². The average Bonchev–Trinajstić information content (AvgIpc) is 2.45. The first-order chi connectivity index (χ1) is 10.5. The molecule has 3 aliphatic heterocycles. The second-order valence-corrected chi connectivity index (χ2v) is 4.72. The maximum Gasteiger partial charge on any atom is 0.390 e. The fraction of sp³-hybridized carbons (Fsp3) is 0.385. The van der Waals surface area contributed by atoms with E-state index in [4.69, 9.17) is 19.0 Å². The summed E-state index contributed by atoms with van der Waals surface area (Å²) in [7, 11) is 0. The highest BCUT2D eigenvalue weighted by atomic mass is 16.8. The van der Waals surface area contributed by atoms with Crippen molar-refractivity contribution in [2.45, 2.75) is 24.9 Å². The first-order valence-corrected chi connectivity index (χ1v) is 6.52. The molecule has 2 atom stereocenters. The monoisotopic (exact) mass is 309 g/mol. The molecule has 0 saturated carbocycles. The predicted octanol–water partition coefficient (Wildman–Crippen LogP) is -0.668. The van der Waals surface area contributed by atoms with Crippen molar-refractivity contribution in [2.75, 3.05) is 6.54 Å². The fourth-order valence-corrected chi connectivity index (χ4v) is 2.36. The van der Waals surface area contributed by atoms with Crippen LogP contribution in [0.1, 0.15) is 12.8 Å². The molecule has 22 heavy (non-hydrogen) atoms. The summed E-state index contributed by atoms with van der Waals surface area (Å²) in [6.45, 7) is 0.137. The molecular formula is C13H11NO8. The molecular weight excluding hydrogens is 298 g/mol. The summed E-state index contributed by atoms with van der Waals surface area (Å²) in [5.74, 6) is -5.61. The van der Waals surface area contributed by atoms with Crippen molar-refractivity contribution in [3.63, 3.8) is 0 Å². The Hall–Kier alpha value is -2.68. The molecule has 3 heterocycles. The second-order valence-electron chi connectivity index (χ2n) is 4.72. The molecule has 0 bridgehead atoms. The average molecular weight is 309 g/mol. The van der Waals surface area contributed by atoms with Crippen molar-refractivity contribution in [3.05, 3.63) is 24.3 Å². The van der Waals surface area contributed by atoms with Crippen molar-refractivity contribution < 1.29 is 38.2 Å². The molecule has 9 heteroatoms. The van der Waals surface area contributed by atoms with Crippen molar-refractivity contribution >= 4 is 23.9 Å². The molecule has 0 aromatic rings. The van der Waals surface area contributed by atoms with E-state index >= 15 is 0 Å². The number of hydroxylamine groups is 2. The zero-order valence-electron chi connectivity index (χ0n) is 11.2. The van der Waals surface area contributed by atoms with Gasteiger partial charge in [0.1, 0.15) is 0 Å². The van der Waals surface area contributed by atoms with Gasteiger partial charge in [0.05, 0.1) is 0 Å². The van der Waals surface area contributed by atoms with Gasteiger partial charge in [0.15, 0.2) is 6.10 Å². The Kier molecular flexibility index (Phi) is 3.41. The Bertz CT molecular complexity index is 555. The van der Waals surface area contributed by atoms with E-state index in [0.29, 0.717) is 6.42 Å². The summed E-state index contributed by atoms with van der Waals surface area (Å²) < 4.78 is 15.5. The highest BCUT2D eigenvalue weighted by Gasteiger charge is 2.59. The third-order valence-corrected chi connectivity index (χ3v) is 3.25. The van der Waals surface area contributed by atoms with Gasteiger partial charge in [-0.2, -0.15) is 0 Å². The van der Waals surface area contributed by atoms with Crippen LogP contribution in [0, 0.1) is 0 Å². The lowest BCUT2D eigenvalue weighted by molar-refractivity contribution is -0.402. The van der Waals surface area contributed by atoms with Gasteiger partial charge in [-0.1, -0.05) is 5.06 Å². The molecule has 1 saturated heterocycles. The number of ether oxygens (including phenoxy) is 3. The number of nitrogens with zero attached hydrogens (tertiary/aromatic N) is 1. The summed E-state index contributed by atoms with van der Waals surface area (Å²) in [4.78, 5) is 51.8. The highest BCUT2D eigenvalue weighted by Crippen LogP contribution is 2.36. The fourth-order valence-electron chi connectivity index (χ4n) is 2.36. The van der Waals surface area contributed by atoms with Gasteiger partial charge in [-0.25, -0.2) is 19.2 Å². The lowest BCUT2D eigenvalue weighted by atomic mass is 10.0. The van der Waals surface area contributed by atoms with Gasteiger partial charge in [-0.15, -0.1) is 0 Å². The Morgan fingerprint density at radius 2 is 1.50 bits per heavy atom. The van der Waals surface area contributed by atoms with Gasteiger partial charge in [-0.3, -0.25) is 0 Å². The van der Waals surface area contributed by atoms with Crippen LogP contribution in [-0.2, 0) is 38.2 Å². The Balaban J connectivity index is 2.07. The third kappa shape index (κ3) is 2.46. The highest BCUT2D eigenvalue weighted by molar-refractivity contribution is 5.94. The van der Waals surface area contributed by atoms with E-state index in [2.05, 4.69) is 0 Å². The van der Waals surface area contributed by atoms with Gasteiger partial charge in [-0.05, 0) is 12.8 Å². The summed E-state index contributed by atoms with van der Waals surface area (Å²) in [6.07, 6.45) is 3.08. The number of carbonyl (C=O) groups excluding carboxylic acids is 4. The van der Waals surface area contributed by atoms with Gasteiger partial charge in [0, 0.05) is 30.8 Å². The zero-order valence-corrected chi connectivity index (χ0v) is 11.2. The Labute approximate surface area is 124 Å². The number of esters is 3. The first-order valence-electron chi connectivity index (χ1n) is 6.52. The van der Waals surface area contributed by atoms with E-state index in [1.165, 1.54) is 0 Å². The normalized spacial score (nSPS) is 35.0. The smallest absolute Gasteiger partial charge is 0.390 e. The van der Waals surface area contributed by atoms with Gasteiger partial charge in [0.25, 0.3) is 0 Å². The molecule has 0 N–H and O–H groups in total. The minimum absolute atomic E-state index is 0.137. The molecule has 9 nitrogen and oxygen atoms in total. The van der Waals surface area contributed by atoms with E-state index in [-0.39, 0.29) is 13.0 Å². The summed E-state index contributed by atoms with van der Waals surface area (Å²) in [6, 6.07) is 0. The first kappa shape index (κ1) is 14.3. The minimum Gasteiger partial charge on any atom is -0.449 e. The van der Waals surface area contributed by atoms with Crippen LogP contribution in [0.15, 0.2) is 24.3 Å². The quantitative estimate of drug-likeness (QED) is 0.538. The molecule has 3 rings (SSSR count). The van der Waals surface area contributed by atoms with Crippen LogP contribution in [-0.4, -0.2) is 47.5 Å². The van der Waals surface area contributed by atoms with Gasteiger partial charge in [0.2, 0.25) is 0 Å².